The Morgan fingerprint density at radius 1 is 1.36 bits per heavy atom. The Bertz CT molecular complexity index is 162. The highest BCUT2D eigenvalue weighted by Gasteiger charge is 2.23. The van der Waals surface area contributed by atoms with Crippen LogP contribution >= 0.6 is 0 Å². The summed E-state index contributed by atoms with van der Waals surface area (Å²) in [7, 11) is 2.05. The van der Waals surface area contributed by atoms with Gasteiger partial charge in [0.1, 0.15) is 0 Å². The number of nitrogens with zero attached hydrogens (tertiary/aromatic N) is 1. The van der Waals surface area contributed by atoms with Crippen molar-refractivity contribution >= 4 is 0 Å². The van der Waals surface area contributed by atoms with Gasteiger partial charge in [-0.3, -0.25) is 0 Å². The van der Waals surface area contributed by atoms with Gasteiger partial charge in [-0.25, -0.2) is 0 Å². The Kier molecular flexibility index (Phi) is 4.39. The molecule has 0 heterocycles. The van der Waals surface area contributed by atoms with E-state index in [-0.39, 0.29) is 5.54 Å². The Morgan fingerprint density at radius 2 is 2.00 bits per heavy atom. The SMILES string of the molecule is CCN(CC1CCC1)CC(C)(C)NC. The number of likely N-dealkylation sites (N-methyl/N-ethyl adjacent to an activating group) is 2. The molecule has 0 aromatic carbocycles. The van der Waals surface area contributed by atoms with Crippen LogP contribution in [0.2, 0.25) is 0 Å². The van der Waals surface area contributed by atoms with Crippen LogP contribution in [0.4, 0.5) is 0 Å². The normalized spacial score (nSPS) is 18.6. The molecule has 1 aliphatic carbocycles. The number of hydrogen-bond acceptors (Lipinski definition) is 2. The summed E-state index contributed by atoms with van der Waals surface area (Å²) in [5.41, 5.74) is 0.250. The van der Waals surface area contributed by atoms with E-state index in [2.05, 4.69) is 38.0 Å². The second-order valence-electron chi connectivity index (χ2n) is 5.26. The van der Waals surface area contributed by atoms with Crippen LogP contribution in [0.1, 0.15) is 40.0 Å². The fraction of sp³-hybridized carbons (Fsp3) is 1.00. The summed E-state index contributed by atoms with van der Waals surface area (Å²) >= 11 is 0. The summed E-state index contributed by atoms with van der Waals surface area (Å²) < 4.78 is 0. The van der Waals surface area contributed by atoms with E-state index >= 15 is 0 Å². The minimum atomic E-state index is 0.250. The largest absolute Gasteiger partial charge is 0.314 e. The molecular weight excluding hydrogens is 172 g/mol. The number of rotatable bonds is 6. The lowest BCUT2D eigenvalue weighted by Crippen LogP contribution is -2.49. The molecule has 0 radical (unpaired) electrons. The number of nitrogens with one attached hydrogen (secondary N) is 1. The molecule has 1 saturated carbocycles. The second-order valence-corrected chi connectivity index (χ2v) is 5.26. The van der Waals surface area contributed by atoms with Gasteiger partial charge in [0, 0.05) is 18.6 Å². The van der Waals surface area contributed by atoms with E-state index in [4.69, 9.17) is 0 Å². The van der Waals surface area contributed by atoms with Gasteiger partial charge >= 0.3 is 0 Å². The molecule has 0 aromatic rings. The first-order chi connectivity index (χ1) is 6.57. The van der Waals surface area contributed by atoms with Crippen molar-refractivity contribution in [3.8, 4) is 0 Å². The predicted molar refractivity (Wildman–Crippen MR) is 62.6 cm³/mol. The molecule has 1 aliphatic rings. The van der Waals surface area contributed by atoms with Crippen LogP contribution in [-0.2, 0) is 0 Å². The summed E-state index contributed by atoms with van der Waals surface area (Å²) in [6.45, 7) is 10.5. The smallest absolute Gasteiger partial charge is 0.0249 e. The minimum absolute atomic E-state index is 0.250. The standard InChI is InChI=1S/C12H26N2/c1-5-14(9-11-7-6-8-11)10-12(2,3)13-4/h11,13H,5-10H2,1-4H3. The first kappa shape index (κ1) is 12.0. The molecule has 0 aliphatic heterocycles. The average molecular weight is 198 g/mol. The van der Waals surface area contributed by atoms with Crippen LogP contribution in [0.3, 0.4) is 0 Å². The van der Waals surface area contributed by atoms with E-state index < -0.39 is 0 Å². The summed E-state index contributed by atoms with van der Waals surface area (Å²) in [6, 6.07) is 0. The third-order valence-corrected chi connectivity index (χ3v) is 3.48. The quantitative estimate of drug-likeness (QED) is 0.703. The maximum atomic E-state index is 3.37. The molecule has 0 aromatic heterocycles. The van der Waals surface area contributed by atoms with E-state index in [1.54, 1.807) is 0 Å². The maximum absolute atomic E-state index is 3.37. The van der Waals surface area contributed by atoms with E-state index in [1.165, 1.54) is 32.4 Å². The highest BCUT2D eigenvalue weighted by molar-refractivity contribution is 4.82. The lowest BCUT2D eigenvalue weighted by molar-refractivity contribution is 0.152. The molecular formula is C12H26N2. The molecule has 84 valence electrons. The van der Waals surface area contributed by atoms with E-state index in [0.29, 0.717) is 0 Å². The van der Waals surface area contributed by atoms with Crippen molar-refractivity contribution in [1.29, 1.82) is 0 Å². The Labute approximate surface area is 89.1 Å². The van der Waals surface area contributed by atoms with Gasteiger partial charge in [-0.15, -0.1) is 0 Å². The summed E-state index contributed by atoms with van der Waals surface area (Å²) in [6.07, 6.45) is 4.37. The van der Waals surface area contributed by atoms with Gasteiger partial charge in [0.2, 0.25) is 0 Å². The Balaban J connectivity index is 2.29. The first-order valence-corrected chi connectivity index (χ1v) is 5.98. The number of hydrogen-bond donors (Lipinski definition) is 1. The fourth-order valence-corrected chi connectivity index (χ4v) is 1.98. The van der Waals surface area contributed by atoms with Crippen LogP contribution < -0.4 is 5.32 Å². The first-order valence-electron chi connectivity index (χ1n) is 5.98. The van der Waals surface area contributed by atoms with Crippen LogP contribution in [0.25, 0.3) is 0 Å². The van der Waals surface area contributed by atoms with Crippen LogP contribution in [0.5, 0.6) is 0 Å². The Morgan fingerprint density at radius 3 is 2.36 bits per heavy atom. The summed E-state index contributed by atoms with van der Waals surface area (Å²) in [5, 5.41) is 3.37. The second kappa shape index (κ2) is 5.13. The predicted octanol–water partition coefficient (Wildman–Crippen LogP) is 2.11. The molecule has 1 N–H and O–H groups in total. The fourth-order valence-electron chi connectivity index (χ4n) is 1.98. The molecule has 0 atom stereocenters. The molecule has 14 heavy (non-hydrogen) atoms. The van der Waals surface area contributed by atoms with Crippen molar-refractivity contribution in [3.63, 3.8) is 0 Å². The molecule has 1 rings (SSSR count). The Hall–Kier alpha value is -0.0800. The van der Waals surface area contributed by atoms with Crippen molar-refractivity contribution in [3.05, 3.63) is 0 Å². The monoisotopic (exact) mass is 198 g/mol. The van der Waals surface area contributed by atoms with Crippen molar-refractivity contribution in [1.82, 2.24) is 10.2 Å². The molecule has 0 amide bonds. The van der Waals surface area contributed by atoms with Gasteiger partial charge in [0.05, 0.1) is 0 Å². The van der Waals surface area contributed by atoms with Gasteiger partial charge in [-0.2, -0.15) is 0 Å². The van der Waals surface area contributed by atoms with Gasteiger partial charge in [-0.05, 0) is 46.2 Å². The van der Waals surface area contributed by atoms with Crippen molar-refractivity contribution in [2.75, 3.05) is 26.7 Å². The van der Waals surface area contributed by atoms with Crippen molar-refractivity contribution in [2.45, 2.75) is 45.6 Å². The molecule has 0 spiro atoms. The molecule has 2 nitrogen and oxygen atoms in total. The zero-order valence-corrected chi connectivity index (χ0v) is 10.3. The topological polar surface area (TPSA) is 15.3 Å². The lowest BCUT2D eigenvalue weighted by atomic mass is 9.85. The molecule has 0 unspecified atom stereocenters. The van der Waals surface area contributed by atoms with E-state index in [0.717, 1.165) is 12.5 Å². The summed E-state index contributed by atoms with van der Waals surface area (Å²) in [5.74, 6) is 0.989. The molecule has 2 heteroatoms. The van der Waals surface area contributed by atoms with Crippen LogP contribution in [-0.4, -0.2) is 37.1 Å². The van der Waals surface area contributed by atoms with Crippen molar-refractivity contribution < 1.29 is 0 Å². The summed E-state index contributed by atoms with van der Waals surface area (Å²) in [4.78, 5) is 2.58. The van der Waals surface area contributed by atoms with Gasteiger partial charge in [0.15, 0.2) is 0 Å². The van der Waals surface area contributed by atoms with Gasteiger partial charge in [0.25, 0.3) is 0 Å². The third-order valence-electron chi connectivity index (χ3n) is 3.48. The van der Waals surface area contributed by atoms with Crippen LogP contribution in [0.15, 0.2) is 0 Å². The molecule has 0 bridgehead atoms. The van der Waals surface area contributed by atoms with Crippen molar-refractivity contribution in [2.24, 2.45) is 5.92 Å². The average Bonchev–Trinajstić information content (AvgIpc) is 2.09. The van der Waals surface area contributed by atoms with Crippen LogP contribution in [0, 0.1) is 5.92 Å². The highest BCUT2D eigenvalue weighted by atomic mass is 15.2. The van der Waals surface area contributed by atoms with E-state index in [1.807, 2.05) is 0 Å². The maximum Gasteiger partial charge on any atom is 0.0249 e. The van der Waals surface area contributed by atoms with Gasteiger partial charge < -0.3 is 10.2 Å². The zero-order valence-electron chi connectivity index (χ0n) is 10.3. The molecule has 0 saturated heterocycles. The lowest BCUT2D eigenvalue weighted by Gasteiger charge is -2.36. The third kappa shape index (κ3) is 3.58. The highest BCUT2D eigenvalue weighted by Crippen LogP contribution is 2.27. The molecule has 1 fully saturated rings. The van der Waals surface area contributed by atoms with E-state index in [9.17, 15) is 0 Å². The minimum Gasteiger partial charge on any atom is -0.314 e. The zero-order chi connectivity index (χ0) is 10.6. The van der Waals surface area contributed by atoms with Gasteiger partial charge in [-0.1, -0.05) is 13.3 Å².